The summed E-state index contributed by atoms with van der Waals surface area (Å²) < 4.78 is 2.43. The van der Waals surface area contributed by atoms with Crippen molar-refractivity contribution < 1.29 is 4.92 Å². The molecule has 0 aliphatic carbocycles. The molecule has 0 spiro atoms. The third kappa shape index (κ3) is 2.47. The number of hydrogen-bond acceptors (Lipinski definition) is 5. The van der Waals surface area contributed by atoms with Crippen LogP contribution in [0.3, 0.4) is 0 Å². The Balaban J connectivity index is 2.29. The first-order valence-corrected chi connectivity index (χ1v) is 7.94. The van der Waals surface area contributed by atoms with Crippen LogP contribution in [0.1, 0.15) is 19.8 Å². The third-order valence-corrected chi connectivity index (χ3v) is 4.91. The van der Waals surface area contributed by atoms with Gasteiger partial charge < -0.3 is 14.0 Å². The van der Waals surface area contributed by atoms with Crippen LogP contribution in [0.4, 0.5) is 11.4 Å². The van der Waals surface area contributed by atoms with E-state index in [0.717, 1.165) is 25.9 Å². The first-order chi connectivity index (χ1) is 11.3. The molecule has 0 saturated carbocycles. The van der Waals surface area contributed by atoms with Gasteiger partial charge in [-0.2, -0.15) is 0 Å². The van der Waals surface area contributed by atoms with E-state index < -0.39 is 16.0 Å². The number of anilines is 1. The van der Waals surface area contributed by atoms with Crippen molar-refractivity contribution in [3.63, 3.8) is 0 Å². The highest BCUT2D eigenvalue weighted by Gasteiger charge is 2.25. The quantitative estimate of drug-likeness (QED) is 0.471. The average Bonchev–Trinajstić information content (AvgIpc) is 2.57. The van der Waals surface area contributed by atoms with Crippen molar-refractivity contribution in [2.24, 2.45) is 20.0 Å². The van der Waals surface area contributed by atoms with Crippen LogP contribution in [0.25, 0.3) is 11.0 Å². The molecular formula is C16H20N4O4. The van der Waals surface area contributed by atoms with Crippen molar-refractivity contribution in [2.75, 3.05) is 18.0 Å². The van der Waals surface area contributed by atoms with E-state index in [4.69, 9.17) is 0 Å². The summed E-state index contributed by atoms with van der Waals surface area (Å²) in [4.78, 5) is 37.1. The van der Waals surface area contributed by atoms with Crippen LogP contribution in [0.2, 0.25) is 0 Å². The van der Waals surface area contributed by atoms with Crippen molar-refractivity contribution in [2.45, 2.75) is 19.8 Å². The van der Waals surface area contributed by atoms with Crippen LogP contribution in [-0.4, -0.2) is 27.1 Å². The highest BCUT2D eigenvalue weighted by atomic mass is 16.6. The van der Waals surface area contributed by atoms with Gasteiger partial charge >= 0.3 is 11.1 Å². The fourth-order valence-corrected chi connectivity index (χ4v) is 3.25. The number of aromatic nitrogens is 2. The lowest BCUT2D eigenvalue weighted by Gasteiger charge is -2.32. The standard InChI is InChI=1S/C16H20N4O4/c1-10-4-6-19(7-5-10)13-8-11-12(9-14(13)20(23)24)18(3)16(22)15(21)17(11)2/h8-10H,4-7H2,1-3H3. The molecule has 0 unspecified atom stereocenters. The van der Waals surface area contributed by atoms with Crippen LogP contribution in [0.5, 0.6) is 0 Å². The topological polar surface area (TPSA) is 90.4 Å². The molecular weight excluding hydrogens is 312 g/mol. The average molecular weight is 332 g/mol. The van der Waals surface area contributed by atoms with Gasteiger partial charge in [0.25, 0.3) is 5.69 Å². The normalized spacial score (nSPS) is 15.9. The Morgan fingerprint density at radius 1 is 1.04 bits per heavy atom. The Labute approximate surface area is 138 Å². The van der Waals surface area contributed by atoms with E-state index in [0.29, 0.717) is 22.6 Å². The predicted octanol–water partition coefficient (Wildman–Crippen LogP) is 1.38. The largest absolute Gasteiger partial charge is 0.366 e. The van der Waals surface area contributed by atoms with Crippen LogP contribution in [0, 0.1) is 16.0 Å². The zero-order chi connectivity index (χ0) is 17.6. The fraction of sp³-hybridized carbons (Fsp3) is 0.500. The Kier molecular flexibility index (Phi) is 3.90. The molecule has 0 bridgehead atoms. The summed E-state index contributed by atoms with van der Waals surface area (Å²) in [5.74, 6) is 0.603. The SMILES string of the molecule is CC1CCN(c2cc3c(cc2[N+](=O)[O-])n(C)c(=O)c(=O)n3C)CC1. The Hall–Kier alpha value is -2.64. The second-order valence-electron chi connectivity index (χ2n) is 6.48. The molecule has 1 aromatic carbocycles. The van der Waals surface area contributed by atoms with Gasteiger partial charge in [-0.3, -0.25) is 19.7 Å². The number of aryl methyl sites for hydroxylation is 2. The number of benzene rings is 1. The molecule has 0 amide bonds. The van der Waals surface area contributed by atoms with E-state index >= 15 is 0 Å². The van der Waals surface area contributed by atoms with E-state index in [1.807, 2.05) is 4.90 Å². The summed E-state index contributed by atoms with van der Waals surface area (Å²) in [6.07, 6.45) is 1.95. The number of nitro groups is 1. The Morgan fingerprint density at radius 3 is 2.04 bits per heavy atom. The number of piperidine rings is 1. The van der Waals surface area contributed by atoms with Crippen LogP contribution >= 0.6 is 0 Å². The van der Waals surface area contributed by atoms with E-state index in [-0.39, 0.29) is 5.69 Å². The van der Waals surface area contributed by atoms with Gasteiger partial charge in [-0.15, -0.1) is 0 Å². The van der Waals surface area contributed by atoms with E-state index in [1.54, 1.807) is 6.07 Å². The molecule has 3 rings (SSSR count). The summed E-state index contributed by atoms with van der Waals surface area (Å²) in [7, 11) is 2.97. The smallest absolute Gasteiger partial charge is 0.316 e. The molecule has 2 aromatic rings. The molecule has 1 aliphatic rings. The monoisotopic (exact) mass is 332 g/mol. The minimum Gasteiger partial charge on any atom is -0.366 e. The molecule has 0 atom stereocenters. The van der Waals surface area contributed by atoms with Crippen molar-refractivity contribution in [1.29, 1.82) is 0 Å². The lowest BCUT2D eigenvalue weighted by atomic mass is 9.98. The molecule has 1 fully saturated rings. The molecule has 8 nitrogen and oxygen atoms in total. The number of hydrogen-bond donors (Lipinski definition) is 0. The molecule has 0 radical (unpaired) electrons. The molecule has 8 heteroatoms. The summed E-state index contributed by atoms with van der Waals surface area (Å²) in [5.41, 5.74) is 0.0268. The zero-order valence-electron chi connectivity index (χ0n) is 14.0. The molecule has 128 valence electrons. The molecule has 1 aromatic heterocycles. The first-order valence-electron chi connectivity index (χ1n) is 7.94. The maximum Gasteiger partial charge on any atom is 0.316 e. The van der Waals surface area contributed by atoms with Gasteiger partial charge in [-0.05, 0) is 24.8 Å². The van der Waals surface area contributed by atoms with Crippen LogP contribution in [0.15, 0.2) is 21.7 Å². The van der Waals surface area contributed by atoms with Crippen molar-refractivity contribution in [3.8, 4) is 0 Å². The number of rotatable bonds is 2. The number of fused-ring (bicyclic) bond motifs is 1. The molecule has 0 N–H and O–H groups in total. The second kappa shape index (κ2) is 5.77. The number of nitro benzene ring substituents is 1. The lowest BCUT2D eigenvalue weighted by molar-refractivity contribution is -0.384. The van der Waals surface area contributed by atoms with Gasteiger partial charge in [0.15, 0.2) is 0 Å². The van der Waals surface area contributed by atoms with E-state index in [1.165, 1.54) is 29.3 Å². The van der Waals surface area contributed by atoms with Gasteiger partial charge in [0.1, 0.15) is 5.69 Å². The van der Waals surface area contributed by atoms with Gasteiger partial charge in [-0.1, -0.05) is 6.92 Å². The van der Waals surface area contributed by atoms with E-state index in [2.05, 4.69) is 6.92 Å². The minimum atomic E-state index is -0.696. The fourth-order valence-electron chi connectivity index (χ4n) is 3.25. The summed E-state index contributed by atoms with van der Waals surface area (Å²) >= 11 is 0. The zero-order valence-corrected chi connectivity index (χ0v) is 14.0. The van der Waals surface area contributed by atoms with Gasteiger partial charge in [0, 0.05) is 33.3 Å². The minimum absolute atomic E-state index is 0.0364. The van der Waals surface area contributed by atoms with Gasteiger partial charge in [0.2, 0.25) is 0 Å². The molecule has 1 saturated heterocycles. The lowest BCUT2D eigenvalue weighted by Crippen LogP contribution is -2.39. The highest BCUT2D eigenvalue weighted by molar-refractivity contribution is 5.85. The third-order valence-electron chi connectivity index (χ3n) is 4.91. The van der Waals surface area contributed by atoms with Crippen molar-refractivity contribution in [1.82, 2.24) is 9.13 Å². The molecule has 24 heavy (non-hydrogen) atoms. The summed E-state index contributed by atoms with van der Waals surface area (Å²) in [5, 5.41) is 11.5. The number of nitrogens with zero attached hydrogens (tertiary/aromatic N) is 4. The maximum atomic E-state index is 12.0. The molecule has 1 aliphatic heterocycles. The van der Waals surface area contributed by atoms with Crippen molar-refractivity contribution >= 4 is 22.4 Å². The summed E-state index contributed by atoms with van der Waals surface area (Å²) in [6, 6.07) is 3.05. The van der Waals surface area contributed by atoms with Crippen LogP contribution in [-0.2, 0) is 14.1 Å². The summed E-state index contributed by atoms with van der Waals surface area (Å²) in [6.45, 7) is 3.66. The van der Waals surface area contributed by atoms with E-state index in [9.17, 15) is 19.7 Å². The van der Waals surface area contributed by atoms with Gasteiger partial charge in [-0.25, -0.2) is 0 Å². The van der Waals surface area contributed by atoms with Crippen LogP contribution < -0.4 is 16.0 Å². The van der Waals surface area contributed by atoms with Gasteiger partial charge in [0.05, 0.1) is 16.0 Å². The Morgan fingerprint density at radius 2 is 1.54 bits per heavy atom. The maximum absolute atomic E-state index is 12.0. The Bertz CT molecular complexity index is 936. The molecule has 2 heterocycles. The first kappa shape index (κ1) is 16.2. The highest BCUT2D eigenvalue weighted by Crippen LogP contribution is 2.34. The second-order valence-corrected chi connectivity index (χ2v) is 6.48. The predicted molar refractivity (Wildman–Crippen MR) is 91.7 cm³/mol. The van der Waals surface area contributed by atoms with Crippen molar-refractivity contribution in [3.05, 3.63) is 43.0 Å².